The molecule has 0 unspecified atom stereocenters. The van der Waals surface area contributed by atoms with E-state index in [-0.39, 0.29) is 5.91 Å². The zero-order valence-corrected chi connectivity index (χ0v) is 16.9. The van der Waals surface area contributed by atoms with Crippen molar-refractivity contribution in [3.8, 4) is 17.0 Å². The quantitative estimate of drug-likeness (QED) is 0.664. The summed E-state index contributed by atoms with van der Waals surface area (Å²) >= 11 is 1.46. The fourth-order valence-corrected chi connectivity index (χ4v) is 4.38. The number of aryl methyl sites for hydroxylation is 1. The number of benzene rings is 2. The number of nitrogens with zero attached hydrogens (tertiary/aromatic N) is 2. The van der Waals surface area contributed by atoms with Crippen molar-refractivity contribution in [2.24, 2.45) is 0 Å². The van der Waals surface area contributed by atoms with Gasteiger partial charge in [0.2, 0.25) is 0 Å². The molecular formula is C22H23N3O2S. The molecule has 0 spiro atoms. The van der Waals surface area contributed by atoms with E-state index in [2.05, 4.69) is 17.1 Å². The van der Waals surface area contributed by atoms with Crippen LogP contribution in [-0.4, -0.2) is 31.1 Å². The summed E-state index contributed by atoms with van der Waals surface area (Å²) in [6.45, 7) is 4.04. The van der Waals surface area contributed by atoms with E-state index in [0.717, 1.165) is 29.5 Å². The molecule has 1 saturated heterocycles. The molecule has 0 aliphatic carbocycles. The number of carbonyl (C=O) groups excluding carboxylic acids is 1. The van der Waals surface area contributed by atoms with Crippen LogP contribution in [0.5, 0.6) is 5.75 Å². The molecule has 5 nitrogen and oxygen atoms in total. The average Bonchev–Trinajstić information content (AvgIpc) is 3.39. The van der Waals surface area contributed by atoms with Crippen LogP contribution >= 0.6 is 11.3 Å². The smallest absolute Gasteiger partial charge is 0.268 e. The van der Waals surface area contributed by atoms with E-state index in [4.69, 9.17) is 9.72 Å². The van der Waals surface area contributed by atoms with Crippen LogP contribution in [0, 0.1) is 6.92 Å². The fourth-order valence-electron chi connectivity index (χ4n) is 3.34. The first-order valence-electron chi connectivity index (χ1n) is 9.43. The van der Waals surface area contributed by atoms with Crippen LogP contribution in [0.15, 0.2) is 48.5 Å². The molecule has 2 heterocycles. The molecule has 1 aliphatic rings. The van der Waals surface area contributed by atoms with E-state index < -0.39 is 0 Å². The lowest BCUT2D eigenvalue weighted by Crippen LogP contribution is -2.17. The van der Waals surface area contributed by atoms with Gasteiger partial charge in [0, 0.05) is 18.7 Å². The van der Waals surface area contributed by atoms with Gasteiger partial charge in [0.25, 0.3) is 5.91 Å². The van der Waals surface area contributed by atoms with Crippen LogP contribution in [0.25, 0.3) is 11.3 Å². The summed E-state index contributed by atoms with van der Waals surface area (Å²) in [6, 6.07) is 15.6. The topological polar surface area (TPSA) is 54.5 Å². The Morgan fingerprint density at radius 3 is 2.54 bits per heavy atom. The highest BCUT2D eigenvalue weighted by Crippen LogP contribution is 2.36. The molecule has 144 valence electrons. The van der Waals surface area contributed by atoms with Crippen molar-refractivity contribution < 1.29 is 9.53 Å². The Hall–Kier alpha value is -2.86. The van der Waals surface area contributed by atoms with Gasteiger partial charge in [-0.2, -0.15) is 0 Å². The SMILES string of the molecule is COc1ccccc1NC(=O)c1sc(N2CCCC2)nc1-c1ccc(C)cc1. The molecule has 0 radical (unpaired) electrons. The van der Waals surface area contributed by atoms with Gasteiger partial charge in [0.05, 0.1) is 18.5 Å². The lowest BCUT2D eigenvalue weighted by atomic mass is 10.1. The second-order valence-electron chi connectivity index (χ2n) is 6.89. The zero-order chi connectivity index (χ0) is 19.5. The van der Waals surface area contributed by atoms with Gasteiger partial charge in [0.1, 0.15) is 10.6 Å². The molecule has 1 amide bonds. The van der Waals surface area contributed by atoms with Crippen molar-refractivity contribution >= 4 is 28.1 Å². The highest BCUT2D eigenvalue weighted by Gasteiger charge is 2.24. The third-order valence-electron chi connectivity index (χ3n) is 4.88. The van der Waals surface area contributed by atoms with Gasteiger partial charge in [0.15, 0.2) is 5.13 Å². The van der Waals surface area contributed by atoms with Crippen molar-refractivity contribution in [2.75, 3.05) is 30.4 Å². The first kappa shape index (κ1) is 18.5. The summed E-state index contributed by atoms with van der Waals surface area (Å²) in [4.78, 5) is 20.9. The number of ether oxygens (including phenoxy) is 1. The second kappa shape index (κ2) is 8.02. The normalized spacial score (nSPS) is 13.6. The Bertz CT molecular complexity index is 976. The molecule has 1 fully saturated rings. The summed E-state index contributed by atoms with van der Waals surface area (Å²) in [7, 11) is 1.60. The monoisotopic (exact) mass is 393 g/mol. The average molecular weight is 394 g/mol. The van der Waals surface area contributed by atoms with Crippen LogP contribution in [0.3, 0.4) is 0 Å². The molecule has 0 saturated carbocycles. The van der Waals surface area contributed by atoms with Crippen LogP contribution in [0.2, 0.25) is 0 Å². The minimum absolute atomic E-state index is 0.164. The van der Waals surface area contributed by atoms with Gasteiger partial charge in [-0.15, -0.1) is 0 Å². The molecule has 3 aromatic rings. The number of nitrogens with one attached hydrogen (secondary N) is 1. The largest absolute Gasteiger partial charge is 0.495 e. The maximum atomic E-state index is 13.2. The summed E-state index contributed by atoms with van der Waals surface area (Å²) in [5.41, 5.74) is 3.52. The molecule has 6 heteroatoms. The molecule has 28 heavy (non-hydrogen) atoms. The van der Waals surface area contributed by atoms with E-state index in [1.165, 1.54) is 29.7 Å². The predicted molar refractivity (Wildman–Crippen MR) is 115 cm³/mol. The van der Waals surface area contributed by atoms with E-state index in [1.807, 2.05) is 48.5 Å². The van der Waals surface area contributed by atoms with Gasteiger partial charge in [-0.05, 0) is 31.9 Å². The lowest BCUT2D eigenvalue weighted by molar-refractivity contribution is 0.103. The first-order valence-corrected chi connectivity index (χ1v) is 10.2. The minimum Gasteiger partial charge on any atom is -0.495 e. The molecule has 0 atom stereocenters. The van der Waals surface area contributed by atoms with Crippen LogP contribution < -0.4 is 15.0 Å². The first-order chi connectivity index (χ1) is 13.7. The molecule has 1 aliphatic heterocycles. The number of aromatic nitrogens is 1. The maximum Gasteiger partial charge on any atom is 0.268 e. The number of hydrogen-bond acceptors (Lipinski definition) is 5. The van der Waals surface area contributed by atoms with Gasteiger partial charge in [-0.1, -0.05) is 53.3 Å². The highest BCUT2D eigenvalue weighted by atomic mass is 32.1. The van der Waals surface area contributed by atoms with Crippen molar-refractivity contribution in [1.82, 2.24) is 4.98 Å². The summed E-state index contributed by atoms with van der Waals surface area (Å²) in [5.74, 6) is 0.472. The van der Waals surface area contributed by atoms with Crippen LogP contribution in [-0.2, 0) is 0 Å². The van der Waals surface area contributed by atoms with Gasteiger partial charge in [-0.25, -0.2) is 4.98 Å². The number of carbonyl (C=O) groups is 1. The van der Waals surface area contributed by atoms with Crippen molar-refractivity contribution in [3.05, 3.63) is 59.0 Å². The maximum absolute atomic E-state index is 13.2. The molecular weight excluding hydrogens is 370 g/mol. The Kier molecular flexibility index (Phi) is 5.30. The standard InChI is InChI=1S/C22H23N3O2S/c1-15-9-11-16(12-10-15)19-20(28-22(24-19)25-13-5-6-14-25)21(26)23-17-7-3-4-8-18(17)27-2/h3-4,7-12H,5-6,13-14H2,1-2H3,(H,23,26). The third-order valence-corrected chi connectivity index (χ3v) is 5.99. The summed E-state index contributed by atoms with van der Waals surface area (Å²) in [6.07, 6.45) is 2.34. The van der Waals surface area contributed by atoms with Crippen molar-refractivity contribution in [1.29, 1.82) is 0 Å². The number of hydrogen-bond donors (Lipinski definition) is 1. The van der Waals surface area contributed by atoms with E-state index in [9.17, 15) is 4.79 Å². The Morgan fingerprint density at radius 2 is 1.82 bits per heavy atom. The third kappa shape index (κ3) is 3.73. The molecule has 1 aromatic heterocycles. The van der Waals surface area contributed by atoms with Gasteiger partial charge >= 0.3 is 0 Å². The number of para-hydroxylation sites is 2. The Morgan fingerprint density at radius 1 is 1.11 bits per heavy atom. The molecule has 4 rings (SSSR count). The predicted octanol–water partition coefficient (Wildman–Crippen LogP) is 4.98. The van der Waals surface area contributed by atoms with Gasteiger partial charge in [-0.3, -0.25) is 4.79 Å². The van der Waals surface area contributed by atoms with Crippen molar-refractivity contribution in [3.63, 3.8) is 0 Å². The minimum atomic E-state index is -0.164. The van der Waals surface area contributed by atoms with E-state index in [1.54, 1.807) is 7.11 Å². The molecule has 2 aromatic carbocycles. The van der Waals surface area contributed by atoms with E-state index in [0.29, 0.717) is 16.3 Å². The second-order valence-corrected chi connectivity index (χ2v) is 7.87. The summed E-state index contributed by atoms with van der Waals surface area (Å²) < 4.78 is 5.36. The highest BCUT2D eigenvalue weighted by molar-refractivity contribution is 7.18. The van der Waals surface area contributed by atoms with Crippen molar-refractivity contribution in [2.45, 2.75) is 19.8 Å². The van der Waals surface area contributed by atoms with Crippen LogP contribution in [0.4, 0.5) is 10.8 Å². The lowest BCUT2D eigenvalue weighted by Gasteiger charge is -2.12. The number of rotatable bonds is 5. The van der Waals surface area contributed by atoms with Gasteiger partial charge < -0.3 is 15.0 Å². The summed E-state index contributed by atoms with van der Waals surface area (Å²) in [5, 5.41) is 3.91. The number of methoxy groups -OCH3 is 1. The molecule has 0 bridgehead atoms. The Balaban J connectivity index is 1.71. The number of amides is 1. The fraction of sp³-hybridized carbons (Fsp3) is 0.273. The zero-order valence-electron chi connectivity index (χ0n) is 16.1. The number of anilines is 2. The van der Waals surface area contributed by atoms with E-state index >= 15 is 0 Å². The Labute approximate surface area is 169 Å². The van der Waals surface area contributed by atoms with Crippen LogP contribution in [0.1, 0.15) is 28.1 Å². The molecule has 1 N–H and O–H groups in total. The number of thiazole rings is 1.